The number of pyridine rings is 1. The summed E-state index contributed by atoms with van der Waals surface area (Å²) in [5.74, 6) is 2.30. The van der Waals surface area contributed by atoms with Crippen LogP contribution >= 0.6 is 24.0 Å². The highest BCUT2D eigenvalue weighted by Gasteiger charge is 2.41. The Morgan fingerprint density at radius 2 is 2.23 bits per heavy atom. The molecule has 1 aliphatic carbocycles. The van der Waals surface area contributed by atoms with Gasteiger partial charge in [-0.2, -0.15) is 0 Å². The first-order chi connectivity index (χ1) is 12.3. The van der Waals surface area contributed by atoms with Gasteiger partial charge in [-0.25, -0.2) is 9.98 Å². The van der Waals surface area contributed by atoms with Crippen LogP contribution in [0.25, 0.3) is 0 Å². The summed E-state index contributed by atoms with van der Waals surface area (Å²) in [6.45, 7) is 4.33. The predicted molar refractivity (Wildman–Crippen MR) is 112 cm³/mol. The lowest BCUT2D eigenvalue weighted by atomic mass is 9.96. The number of ether oxygens (including phenoxy) is 2. The third-order valence-electron chi connectivity index (χ3n) is 5.16. The number of halogens is 1. The third kappa shape index (κ3) is 5.22. The van der Waals surface area contributed by atoms with Gasteiger partial charge in [-0.3, -0.25) is 0 Å². The summed E-state index contributed by atoms with van der Waals surface area (Å²) < 4.78 is 11.7. The minimum atomic E-state index is 0. The van der Waals surface area contributed by atoms with Crippen LogP contribution in [0.15, 0.2) is 23.3 Å². The molecule has 7 heteroatoms. The number of rotatable bonds is 7. The monoisotopic (exact) mass is 472 g/mol. The van der Waals surface area contributed by atoms with Crippen LogP contribution in [-0.2, 0) is 11.3 Å². The average molecular weight is 472 g/mol. The Kier molecular flexibility index (Phi) is 6.97. The number of nitrogens with one attached hydrogen (secondary N) is 2. The lowest BCUT2D eigenvalue weighted by molar-refractivity contribution is 0.0992. The maximum atomic E-state index is 5.92. The summed E-state index contributed by atoms with van der Waals surface area (Å²) >= 11 is 0. The molecule has 0 amide bonds. The van der Waals surface area contributed by atoms with Gasteiger partial charge in [0, 0.05) is 18.8 Å². The Hall–Kier alpha value is -1.09. The number of aliphatic imine (C=N–C) groups is 1. The van der Waals surface area contributed by atoms with E-state index in [-0.39, 0.29) is 24.0 Å². The van der Waals surface area contributed by atoms with Crippen LogP contribution in [0.4, 0.5) is 0 Å². The molecule has 3 atom stereocenters. The molecule has 1 saturated carbocycles. The third-order valence-corrected chi connectivity index (χ3v) is 5.16. The van der Waals surface area contributed by atoms with Gasteiger partial charge in [0.1, 0.15) is 0 Å². The largest absolute Gasteiger partial charge is 0.477 e. The molecule has 3 aliphatic rings. The van der Waals surface area contributed by atoms with Crippen LogP contribution < -0.4 is 15.4 Å². The standard InChI is InChI=1S/C19H28N4O2.HI/c1-2-20-19(23-16-10-15-5-6-17(16)25-15)22-11-14-7-8-21-18(9-14)24-12-13-3-4-13;/h7-9,13,15-17H,2-6,10-12H2,1H3,(H2,20,22,23);1H. The normalized spacial score (nSPS) is 27.1. The molecule has 3 heterocycles. The van der Waals surface area contributed by atoms with Gasteiger partial charge in [0.05, 0.1) is 31.4 Å². The van der Waals surface area contributed by atoms with Gasteiger partial charge in [-0.05, 0) is 56.6 Å². The second-order valence-corrected chi connectivity index (χ2v) is 7.31. The van der Waals surface area contributed by atoms with E-state index in [1.54, 1.807) is 6.20 Å². The van der Waals surface area contributed by atoms with Crippen LogP contribution in [0, 0.1) is 5.92 Å². The lowest BCUT2D eigenvalue weighted by Gasteiger charge is -2.22. The van der Waals surface area contributed by atoms with Gasteiger partial charge >= 0.3 is 0 Å². The predicted octanol–water partition coefficient (Wildman–Crippen LogP) is 2.86. The SMILES string of the molecule is CCNC(=NCc1ccnc(OCC2CC2)c1)NC1CC2CCC1O2.I. The van der Waals surface area contributed by atoms with Gasteiger partial charge in [-0.1, -0.05) is 0 Å². The number of hydrogen-bond donors (Lipinski definition) is 2. The van der Waals surface area contributed by atoms with E-state index >= 15 is 0 Å². The zero-order valence-electron chi connectivity index (χ0n) is 15.3. The Morgan fingerprint density at radius 3 is 2.92 bits per heavy atom. The van der Waals surface area contributed by atoms with Crippen molar-refractivity contribution in [3.63, 3.8) is 0 Å². The first kappa shape index (κ1) is 19.7. The summed E-state index contributed by atoms with van der Waals surface area (Å²) in [5.41, 5.74) is 1.11. The first-order valence-electron chi connectivity index (χ1n) is 9.58. The molecular weight excluding hydrogens is 443 g/mol. The van der Waals surface area contributed by atoms with Crippen molar-refractivity contribution in [2.45, 2.75) is 63.8 Å². The Labute approximate surface area is 172 Å². The molecule has 6 nitrogen and oxygen atoms in total. The van der Waals surface area contributed by atoms with E-state index in [4.69, 9.17) is 14.5 Å². The van der Waals surface area contributed by atoms with Crippen molar-refractivity contribution in [2.24, 2.45) is 10.9 Å². The highest BCUT2D eigenvalue weighted by Crippen LogP contribution is 2.34. The Balaban J connectivity index is 0.00000196. The van der Waals surface area contributed by atoms with Crippen LogP contribution in [0.2, 0.25) is 0 Å². The maximum absolute atomic E-state index is 5.92. The minimum Gasteiger partial charge on any atom is -0.477 e. The molecule has 2 N–H and O–H groups in total. The van der Waals surface area contributed by atoms with Crippen LogP contribution in [0.1, 0.15) is 44.6 Å². The molecule has 1 aromatic rings. The average Bonchev–Trinajstić information content (AvgIpc) is 3.23. The first-order valence-corrected chi connectivity index (χ1v) is 9.58. The number of hydrogen-bond acceptors (Lipinski definition) is 4. The molecule has 0 radical (unpaired) electrons. The molecule has 2 aliphatic heterocycles. The van der Waals surface area contributed by atoms with Crippen molar-refractivity contribution in [1.82, 2.24) is 15.6 Å². The summed E-state index contributed by atoms with van der Waals surface area (Å²) in [7, 11) is 0. The van der Waals surface area contributed by atoms with Crippen LogP contribution in [-0.4, -0.2) is 42.3 Å². The Morgan fingerprint density at radius 1 is 1.35 bits per heavy atom. The molecule has 144 valence electrons. The second kappa shape index (κ2) is 9.21. The van der Waals surface area contributed by atoms with Crippen molar-refractivity contribution < 1.29 is 9.47 Å². The number of guanidine groups is 1. The molecule has 2 bridgehead atoms. The van der Waals surface area contributed by atoms with E-state index in [0.29, 0.717) is 30.7 Å². The molecule has 3 fully saturated rings. The summed E-state index contributed by atoms with van der Waals surface area (Å²) in [4.78, 5) is 9.03. The molecule has 0 spiro atoms. The van der Waals surface area contributed by atoms with E-state index < -0.39 is 0 Å². The number of fused-ring (bicyclic) bond motifs is 2. The molecule has 2 saturated heterocycles. The fraction of sp³-hybridized carbons (Fsp3) is 0.684. The zero-order valence-corrected chi connectivity index (χ0v) is 17.6. The molecule has 0 aromatic carbocycles. The van der Waals surface area contributed by atoms with E-state index in [9.17, 15) is 0 Å². The summed E-state index contributed by atoms with van der Waals surface area (Å²) in [6.07, 6.45) is 8.61. The van der Waals surface area contributed by atoms with Gasteiger partial charge < -0.3 is 20.1 Å². The van der Waals surface area contributed by atoms with Crippen molar-refractivity contribution in [1.29, 1.82) is 0 Å². The van der Waals surface area contributed by atoms with Crippen molar-refractivity contribution in [3.05, 3.63) is 23.9 Å². The Bertz CT molecular complexity index is 623. The topological polar surface area (TPSA) is 67.8 Å². The quantitative estimate of drug-likeness (QED) is 0.363. The van der Waals surface area contributed by atoms with E-state index in [0.717, 1.165) is 43.4 Å². The summed E-state index contributed by atoms with van der Waals surface area (Å²) in [6, 6.07) is 4.37. The molecule has 26 heavy (non-hydrogen) atoms. The van der Waals surface area contributed by atoms with Gasteiger partial charge in [0.25, 0.3) is 0 Å². The molecule has 3 unspecified atom stereocenters. The van der Waals surface area contributed by atoms with Crippen molar-refractivity contribution in [3.8, 4) is 5.88 Å². The second-order valence-electron chi connectivity index (χ2n) is 7.31. The van der Waals surface area contributed by atoms with Crippen molar-refractivity contribution in [2.75, 3.05) is 13.2 Å². The van der Waals surface area contributed by atoms with Gasteiger partial charge in [-0.15, -0.1) is 24.0 Å². The highest BCUT2D eigenvalue weighted by molar-refractivity contribution is 14.0. The molecular formula is C19H29IN4O2. The van der Waals surface area contributed by atoms with Gasteiger partial charge in [0.15, 0.2) is 5.96 Å². The van der Waals surface area contributed by atoms with Crippen LogP contribution in [0.5, 0.6) is 5.88 Å². The van der Waals surface area contributed by atoms with Crippen LogP contribution in [0.3, 0.4) is 0 Å². The minimum absolute atomic E-state index is 0. The maximum Gasteiger partial charge on any atom is 0.213 e. The van der Waals surface area contributed by atoms with E-state index in [1.165, 1.54) is 19.3 Å². The number of nitrogens with zero attached hydrogens (tertiary/aromatic N) is 2. The number of aromatic nitrogens is 1. The van der Waals surface area contributed by atoms with E-state index in [1.807, 2.05) is 12.1 Å². The fourth-order valence-corrected chi connectivity index (χ4v) is 3.57. The van der Waals surface area contributed by atoms with E-state index in [2.05, 4.69) is 22.5 Å². The zero-order chi connectivity index (χ0) is 17.1. The van der Waals surface area contributed by atoms with Crippen molar-refractivity contribution >= 4 is 29.9 Å². The molecule has 1 aromatic heterocycles. The summed E-state index contributed by atoms with van der Waals surface area (Å²) in [5, 5.41) is 6.89. The lowest BCUT2D eigenvalue weighted by Crippen LogP contribution is -2.47. The highest BCUT2D eigenvalue weighted by atomic mass is 127. The van der Waals surface area contributed by atoms with Gasteiger partial charge in [0.2, 0.25) is 5.88 Å². The smallest absolute Gasteiger partial charge is 0.213 e. The molecule has 4 rings (SSSR count). The fourth-order valence-electron chi connectivity index (χ4n) is 3.57.